The molecule has 1 aromatic carbocycles. The zero-order valence-electron chi connectivity index (χ0n) is 8.77. The predicted molar refractivity (Wildman–Crippen MR) is 55.1 cm³/mol. The number of carbonyl (C=O) groups is 1. The molecule has 1 aliphatic heterocycles. The van der Waals surface area contributed by atoms with Gasteiger partial charge >= 0.3 is 5.97 Å². The van der Waals surface area contributed by atoms with Crippen LogP contribution < -0.4 is 9.47 Å². The summed E-state index contributed by atoms with van der Waals surface area (Å²) in [6.07, 6.45) is 1.91. The zero-order chi connectivity index (χ0) is 11.0. The molecule has 1 fully saturated rings. The van der Waals surface area contributed by atoms with E-state index in [0.29, 0.717) is 12.4 Å². The second-order valence-corrected chi connectivity index (χ2v) is 4.08. The molecular weight excluding hydrogens is 208 g/mol. The molecule has 16 heavy (non-hydrogen) atoms. The van der Waals surface area contributed by atoms with Crippen molar-refractivity contribution in [1.29, 1.82) is 0 Å². The van der Waals surface area contributed by atoms with E-state index < -0.39 is 0 Å². The molecule has 1 heterocycles. The molecule has 1 saturated carbocycles. The summed E-state index contributed by atoms with van der Waals surface area (Å²) >= 11 is 0. The third-order valence-corrected chi connectivity index (χ3v) is 2.72. The molecular formula is C12H12O4. The van der Waals surface area contributed by atoms with Crippen molar-refractivity contribution >= 4 is 5.97 Å². The van der Waals surface area contributed by atoms with Gasteiger partial charge in [-0.3, -0.25) is 4.79 Å². The number of benzene rings is 1. The molecule has 0 unspecified atom stereocenters. The van der Waals surface area contributed by atoms with Crippen LogP contribution in [0.3, 0.4) is 0 Å². The highest BCUT2D eigenvalue weighted by Gasteiger charge is 2.31. The summed E-state index contributed by atoms with van der Waals surface area (Å²) in [6, 6.07) is 5.37. The van der Waals surface area contributed by atoms with Crippen molar-refractivity contribution in [2.24, 2.45) is 5.92 Å². The minimum Gasteiger partial charge on any atom is -0.467 e. The molecule has 0 radical (unpaired) electrons. The van der Waals surface area contributed by atoms with E-state index in [9.17, 15) is 4.79 Å². The highest BCUT2D eigenvalue weighted by Crippen LogP contribution is 2.32. The van der Waals surface area contributed by atoms with Crippen molar-refractivity contribution in [3.8, 4) is 11.5 Å². The lowest BCUT2D eigenvalue weighted by Crippen LogP contribution is -2.13. The molecule has 0 amide bonds. The summed E-state index contributed by atoms with van der Waals surface area (Å²) < 4.78 is 15.7. The first-order valence-electron chi connectivity index (χ1n) is 5.38. The Morgan fingerprint density at radius 1 is 1.38 bits per heavy atom. The van der Waals surface area contributed by atoms with Crippen LogP contribution in [-0.4, -0.2) is 12.8 Å². The van der Waals surface area contributed by atoms with Crippen LogP contribution in [0, 0.1) is 5.92 Å². The quantitative estimate of drug-likeness (QED) is 0.563. The lowest BCUT2D eigenvalue weighted by molar-refractivity contribution is -0.135. The van der Waals surface area contributed by atoms with Gasteiger partial charge in [-0.15, -0.1) is 0 Å². The number of fused-ring (bicyclic) bond motifs is 1. The largest absolute Gasteiger partial charge is 0.467 e. The van der Waals surface area contributed by atoms with Crippen LogP contribution in [0.15, 0.2) is 18.2 Å². The maximum atomic E-state index is 11.5. The number of hydrogen-bond acceptors (Lipinski definition) is 4. The second kappa shape index (κ2) is 3.79. The Hall–Kier alpha value is -1.55. The number of esters is 1. The molecule has 0 N–H and O–H groups in total. The number of rotatable bonds is 2. The third kappa shape index (κ3) is 1.88. The Bertz CT molecular complexity index is 423. The lowest BCUT2D eigenvalue weighted by Gasteiger charge is -2.17. The van der Waals surface area contributed by atoms with E-state index in [0.717, 1.165) is 24.2 Å². The Morgan fingerprint density at radius 2 is 2.25 bits per heavy atom. The Morgan fingerprint density at radius 3 is 3.06 bits per heavy atom. The van der Waals surface area contributed by atoms with E-state index in [-0.39, 0.29) is 18.7 Å². The van der Waals surface area contributed by atoms with E-state index in [4.69, 9.17) is 14.2 Å². The predicted octanol–water partition coefficient (Wildman–Crippen LogP) is 1.87. The van der Waals surface area contributed by atoms with Crippen molar-refractivity contribution < 1.29 is 19.0 Å². The average molecular weight is 220 g/mol. The first-order valence-corrected chi connectivity index (χ1v) is 5.38. The summed E-state index contributed by atoms with van der Waals surface area (Å²) in [6.45, 7) is 0.790. The van der Waals surface area contributed by atoms with Crippen molar-refractivity contribution in [3.05, 3.63) is 23.8 Å². The van der Waals surface area contributed by atoms with Gasteiger partial charge < -0.3 is 14.2 Å². The molecule has 0 saturated heterocycles. The van der Waals surface area contributed by atoms with Crippen LogP contribution in [0.1, 0.15) is 18.4 Å². The van der Waals surface area contributed by atoms with E-state index in [1.165, 1.54) is 0 Å². The molecule has 0 bridgehead atoms. The monoisotopic (exact) mass is 220 g/mol. The van der Waals surface area contributed by atoms with Gasteiger partial charge in [0.05, 0.1) is 12.5 Å². The fraction of sp³-hybridized carbons (Fsp3) is 0.417. The smallest absolute Gasteiger partial charge is 0.314 e. The molecule has 1 aliphatic carbocycles. The van der Waals surface area contributed by atoms with Gasteiger partial charge in [0.2, 0.25) is 0 Å². The second-order valence-electron chi connectivity index (χ2n) is 4.08. The van der Waals surface area contributed by atoms with Gasteiger partial charge in [0.1, 0.15) is 11.5 Å². The van der Waals surface area contributed by atoms with Gasteiger partial charge in [-0.05, 0) is 31.0 Å². The topological polar surface area (TPSA) is 44.8 Å². The van der Waals surface area contributed by atoms with Crippen molar-refractivity contribution in [1.82, 2.24) is 0 Å². The van der Waals surface area contributed by atoms with Gasteiger partial charge in [0, 0.05) is 5.56 Å². The van der Waals surface area contributed by atoms with Crippen LogP contribution in [0.2, 0.25) is 0 Å². The number of ether oxygens (including phenoxy) is 3. The summed E-state index contributed by atoms with van der Waals surface area (Å²) in [7, 11) is 0. The van der Waals surface area contributed by atoms with E-state index in [1.54, 1.807) is 12.1 Å². The Labute approximate surface area is 93.1 Å². The summed E-state index contributed by atoms with van der Waals surface area (Å²) in [5.41, 5.74) is 0.923. The normalized spacial score (nSPS) is 18.5. The van der Waals surface area contributed by atoms with E-state index in [1.807, 2.05) is 6.07 Å². The molecule has 84 valence electrons. The first kappa shape index (κ1) is 9.66. The summed E-state index contributed by atoms with van der Waals surface area (Å²) in [5, 5.41) is 0. The van der Waals surface area contributed by atoms with Crippen molar-refractivity contribution in [3.63, 3.8) is 0 Å². The molecule has 0 spiro atoms. The first-order chi connectivity index (χ1) is 7.83. The van der Waals surface area contributed by atoms with Crippen LogP contribution >= 0.6 is 0 Å². The molecule has 4 heteroatoms. The van der Waals surface area contributed by atoms with Crippen LogP contribution in [0.25, 0.3) is 0 Å². The van der Waals surface area contributed by atoms with Gasteiger partial charge in [-0.1, -0.05) is 0 Å². The maximum Gasteiger partial charge on any atom is 0.314 e. The Kier molecular flexibility index (Phi) is 2.29. The zero-order valence-corrected chi connectivity index (χ0v) is 8.77. The van der Waals surface area contributed by atoms with Gasteiger partial charge in [0.25, 0.3) is 0 Å². The Balaban J connectivity index is 1.77. The lowest BCUT2D eigenvalue weighted by atomic mass is 10.2. The standard InChI is InChI=1S/C12H12O4/c13-12(8-1-2-8)16-10-3-4-11-9(5-10)6-14-7-15-11/h3-5,8H,1-2,6-7H2. The fourth-order valence-corrected chi connectivity index (χ4v) is 1.65. The summed E-state index contributed by atoms with van der Waals surface area (Å²) in [5.74, 6) is 1.36. The molecule has 4 nitrogen and oxygen atoms in total. The van der Waals surface area contributed by atoms with Crippen LogP contribution in [0.4, 0.5) is 0 Å². The maximum absolute atomic E-state index is 11.5. The minimum atomic E-state index is -0.127. The van der Waals surface area contributed by atoms with E-state index in [2.05, 4.69) is 0 Å². The molecule has 0 atom stereocenters. The van der Waals surface area contributed by atoms with Gasteiger partial charge in [-0.2, -0.15) is 0 Å². The highest BCUT2D eigenvalue weighted by molar-refractivity contribution is 5.77. The number of hydrogen-bond donors (Lipinski definition) is 0. The summed E-state index contributed by atoms with van der Waals surface area (Å²) in [4.78, 5) is 11.5. The molecule has 3 rings (SSSR count). The molecule has 0 aromatic heterocycles. The highest BCUT2D eigenvalue weighted by atomic mass is 16.7. The van der Waals surface area contributed by atoms with Crippen molar-refractivity contribution in [2.75, 3.05) is 6.79 Å². The average Bonchev–Trinajstić information content (AvgIpc) is 3.12. The van der Waals surface area contributed by atoms with Gasteiger partial charge in [0.15, 0.2) is 6.79 Å². The van der Waals surface area contributed by atoms with E-state index >= 15 is 0 Å². The fourth-order valence-electron chi connectivity index (χ4n) is 1.65. The van der Waals surface area contributed by atoms with Crippen LogP contribution in [0.5, 0.6) is 11.5 Å². The minimum absolute atomic E-state index is 0.114. The van der Waals surface area contributed by atoms with Crippen LogP contribution in [-0.2, 0) is 16.1 Å². The number of carbonyl (C=O) groups excluding carboxylic acids is 1. The molecule has 2 aliphatic rings. The van der Waals surface area contributed by atoms with Gasteiger partial charge in [-0.25, -0.2) is 0 Å². The third-order valence-electron chi connectivity index (χ3n) is 2.72. The molecule has 1 aromatic rings. The SMILES string of the molecule is O=C(Oc1ccc2c(c1)COCO2)C1CC1. The van der Waals surface area contributed by atoms with Crippen molar-refractivity contribution in [2.45, 2.75) is 19.4 Å².